The third-order valence-electron chi connectivity index (χ3n) is 6.14. The van der Waals surface area contributed by atoms with Gasteiger partial charge in [0.15, 0.2) is 5.96 Å². The summed E-state index contributed by atoms with van der Waals surface area (Å²) in [5.41, 5.74) is 2.90. The zero-order chi connectivity index (χ0) is 20.9. The molecule has 1 aromatic carbocycles. The van der Waals surface area contributed by atoms with Crippen molar-refractivity contribution in [1.82, 2.24) is 20.4 Å². The summed E-state index contributed by atoms with van der Waals surface area (Å²) in [6.07, 6.45) is 2.65. The van der Waals surface area contributed by atoms with Crippen LogP contribution in [0.15, 0.2) is 29.3 Å². The van der Waals surface area contributed by atoms with E-state index in [4.69, 9.17) is 4.99 Å². The minimum Gasteiger partial charge on any atom is -0.357 e. The van der Waals surface area contributed by atoms with E-state index in [2.05, 4.69) is 60.6 Å². The van der Waals surface area contributed by atoms with Crippen molar-refractivity contribution in [1.29, 1.82) is 0 Å². The minimum atomic E-state index is -0.0181. The van der Waals surface area contributed by atoms with Crippen molar-refractivity contribution < 1.29 is 4.79 Å². The topological polar surface area (TPSA) is 60.0 Å². The molecule has 2 aliphatic rings. The Morgan fingerprint density at radius 1 is 1.20 bits per heavy atom. The van der Waals surface area contributed by atoms with Crippen LogP contribution in [-0.4, -0.2) is 66.0 Å². The van der Waals surface area contributed by atoms with Gasteiger partial charge < -0.3 is 15.5 Å². The zero-order valence-electron chi connectivity index (χ0n) is 18.9. The number of carbonyl (C=O) groups is 1. The Bertz CT molecular complexity index is 736. The predicted molar refractivity (Wildman–Crippen MR) is 134 cm³/mol. The summed E-state index contributed by atoms with van der Waals surface area (Å²) in [6.45, 7) is 13.8. The lowest BCUT2D eigenvalue weighted by atomic mass is 9.94. The molecule has 3 rings (SSSR count). The van der Waals surface area contributed by atoms with Crippen molar-refractivity contribution in [2.75, 3.05) is 32.7 Å². The number of nitrogens with one attached hydrogen (secondary N) is 2. The van der Waals surface area contributed by atoms with E-state index in [1.54, 1.807) is 0 Å². The standard InChI is InChI=1S/C23H37N5O.HI/c1-5-21(29)27-13-12-20(16-27)26-22(24-6-2)25-17-23(3,4)28-14-11-18-9-7-8-10-19(18)15-28;/h7-10,20H,5-6,11-17H2,1-4H3,(H2,24,25,26);1H. The van der Waals surface area contributed by atoms with Gasteiger partial charge in [0.2, 0.25) is 5.91 Å². The number of aliphatic imine (C=N–C) groups is 1. The van der Waals surface area contributed by atoms with Gasteiger partial charge in [0.25, 0.3) is 0 Å². The predicted octanol–water partition coefficient (Wildman–Crippen LogP) is 3.01. The first kappa shape index (κ1) is 24.9. The highest BCUT2D eigenvalue weighted by molar-refractivity contribution is 14.0. The zero-order valence-corrected chi connectivity index (χ0v) is 21.2. The number of hydrogen-bond acceptors (Lipinski definition) is 3. The Labute approximate surface area is 198 Å². The molecule has 0 radical (unpaired) electrons. The smallest absolute Gasteiger partial charge is 0.222 e. The number of likely N-dealkylation sites (tertiary alicyclic amines) is 1. The lowest BCUT2D eigenvalue weighted by molar-refractivity contribution is -0.129. The quantitative estimate of drug-likeness (QED) is 0.340. The average molecular weight is 527 g/mol. The van der Waals surface area contributed by atoms with E-state index >= 15 is 0 Å². The van der Waals surface area contributed by atoms with Crippen LogP contribution in [0, 0.1) is 0 Å². The molecule has 0 aromatic heterocycles. The Morgan fingerprint density at radius 2 is 1.93 bits per heavy atom. The molecular weight excluding hydrogens is 489 g/mol. The van der Waals surface area contributed by atoms with Crippen LogP contribution >= 0.6 is 24.0 Å². The van der Waals surface area contributed by atoms with E-state index in [0.717, 1.165) is 58.1 Å². The van der Waals surface area contributed by atoms with Crippen LogP contribution in [0.3, 0.4) is 0 Å². The lowest BCUT2D eigenvalue weighted by Gasteiger charge is -2.41. The first-order chi connectivity index (χ1) is 13.9. The molecule has 1 unspecified atom stereocenters. The van der Waals surface area contributed by atoms with Crippen molar-refractivity contribution in [3.63, 3.8) is 0 Å². The number of hydrogen-bond donors (Lipinski definition) is 2. The van der Waals surface area contributed by atoms with Crippen molar-refractivity contribution in [2.45, 2.75) is 65.1 Å². The summed E-state index contributed by atoms with van der Waals surface area (Å²) in [5.74, 6) is 1.09. The van der Waals surface area contributed by atoms with Gasteiger partial charge in [-0.05, 0) is 44.7 Å². The largest absolute Gasteiger partial charge is 0.357 e. The molecule has 2 N–H and O–H groups in total. The number of amides is 1. The summed E-state index contributed by atoms with van der Waals surface area (Å²) in [5, 5.41) is 6.92. The second-order valence-electron chi connectivity index (χ2n) is 8.77. The van der Waals surface area contributed by atoms with Gasteiger partial charge in [-0.2, -0.15) is 0 Å². The van der Waals surface area contributed by atoms with Crippen LogP contribution in [0.2, 0.25) is 0 Å². The Balaban J connectivity index is 0.00000320. The van der Waals surface area contributed by atoms with Crippen LogP contribution < -0.4 is 10.6 Å². The highest BCUT2D eigenvalue weighted by Crippen LogP contribution is 2.25. The van der Waals surface area contributed by atoms with E-state index in [0.29, 0.717) is 6.42 Å². The lowest BCUT2D eigenvalue weighted by Crippen LogP contribution is -2.50. The van der Waals surface area contributed by atoms with Crippen LogP contribution in [0.4, 0.5) is 0 Å². The van der Waals surface area contributed by atoms with E-state index in [9.17, 15) is 4.79 Å². The number of rotatable bonds is 6. The van der Waals surface area contributed by atoms with Gasteiger partial charge in [-0.25, -0.2) is 0 Å². The van der Waals surface area contributed by atoms with E-state index in [1.807, 2.05) is 11.8 Å². The normalized spacial score (nSPS) is 19.8. The van der Waals surface area contributed by atoms with Gasteiger partial charge in [0.05, 0.1) is 6.54 Å². The first-order valence-electron chi connectivity index (χ1n) is 11.1. The third kappa shape index (κ3) is 6.33. The van der Waals surface area contributed by atoms with E-state index in [1.165, 1.54) is 11.1 Å². The molecule has 168 valence electrons. The van der Waals surface area contributed by atoms with E-state index < -0.39 is 0 Å². The van der Waals surface area contributed by atoms with Crippen molar-refractivity contribution in [3.8, 4) is 0 Å². The van der Waals surface area contributed by atoms with Gasteiger partial charge in [0, 0.05) is 50.7 Å². The molecule has 0 saturated carbocycles. The molecule has 0 bridgehead atoms. The molecule has 7 heteroatoms. The maximum absolute atomic E-state index is 11.9. The summed E-state index contributed by atoms with van der Waals surface area (Å²) in [4.78, 5) is 21.4. The SMILES string of the molecule is CCNC(=NCC(C)(C)N1CCc2ccccc2C1)NC1CCN(C(=O)CC)C1.I. The number of nitrogens with zero attached hydrogens (tertiary/aromatic N) is 3. The highest BCUT2D eigenvalue weighted by Gasteiger charge is 2.30. The molecule has 1 fully saturated rings. The molecule has 0 spiro atoms. The molecule has 6 nitrogen and oxygen atoms in total. The van der Waals surface area contributed by atoms with Crippen molar-refractivity contribution in [3.05, 3.63) is 35.4 Å². The molecule has 30 heavy (non-hydrogen) atoms. The van der Waals surface area contributed by atoms with Gasteiger partial charge in [-0.1, -0.05) is 31.2 Å². The molecule has 0 aliphatic carbocycles. The van der Waals surface area contributed by atoms with Gasteiger partial charge in [-0.15, -0.1) is 24.0 Å². The highest BCUT2D eigenvalue weighted by atomic mass is 127. The summed E-state index contributed by atoms with van der Waals surface area (Å²) in [7, 11) is 0. The fourth-order valence-corrected chi connectivity index (χ4v) is 4.23. The number of halogens is 1. The van der Waals surface area contributed by atoms with Crippen molar-refractivity contribution in [2.24, 2.45) is 4.99 Å². The van der Waals surface area contributed by atoms with Crippen LogP contribution in [0.25, 0.3) is 0 Å². The molecule has 1 amide bonds. The molecule has 2 aliphatic heterocycles. The van der Waals surface area contributed by atoms with Crippen LogP contribution in [-0.2, 0) is 17.8 Å². The molecule has 1 atom stereocenters. The second-order valence-corrected chi connectivity index (χ2v) is 8.77. The van der Waals surface area contributed by atoms with Gasteiger partial charge >= 0.3 is 0 Å². The Morgan fingerprint density at radius 3 is 2.63 bits per heavy atom. The minimum absolute atomic E-state index is 0. The fraction of sp³-hybridized carbons (Fsp3) is 0.652. The maximum Gasteiger partial charge on any atom is 0.222 e. The molecule has 1 aromatic rings. The second kappa shape index (κ2) is 11.3. The van der Waals surface area contributed by atoms with Gasteiger partial charge in [0.1, 0.15) is 0 Å². The first-order valence-corrected chi connectivity index (χ1v) is 11.1. The number of fused-ring (bicyclic) bond motifs is 1. The summed E-state index contributed by atoms with van der Waals surface area (Å²) < 4.78 is 0. The summed E-state index contributed by atoms with van der Waals surface area (Å²) >= 11 is 0. The maximum atomic E-state index is 11.9. The molecule has 2 heterocycles. The monoisotopic (exact) mass is 527 g/mol. The molecule has 1 saturated heterocycles. The van der Waals surface area contributed by atoms with Crippen LogP contribution in [0.1, 0.15) is 51.7 Å². The average Bonchev–Trinajstić information content (AvgIpc) is 3.20. The number of guanidine groups is 1. The third-order valence-corrected chi connectivity index (χ3v) is 6.14. The molecular formula is C23H38IN5O. The number of benzene rings is 1. The Kier molecular flexibility index (Phi) is 9.40. The Hall–Kier alpha value is -1.35. The summed E-state index contributed by atoms with van der Waals surface area (Å²) in [6, 6.07) is 9.04. The van der Waals surface area contributed by atoms with Crippen molar-refractivity contribution >= 4 is 35.8 Å². The fourth-order valence-electron chi connectivity index (χ4n) is 4.23. The van der Waals surface area contributed by atoms with Crippen LogP contribution in [0.5, 0.6) is 0 Å². The van der Waals surface area contributed by atoms with Gasteiger partial charge in [-0.3, -0.25) is 14.7 Å². The number of carbonyl (C=O) groups excluding carboxylic acids is 1. The van der Waals surface area contributed by atoms with E-state index in [-0.39, 0.29) is 41.5 Å².